The minimum atomic E-state index is -3.10. The first kappa shape index (κ1) is 31.8. The molecule has 1 aliphatic rings. The fourth-order valence-corrected chi connectivity index (χ4v) is 8.56. The first-order valence-electron chi connectivity index (χ1n) is 14.3. The second-order valence-corrected chi connectivity index (χ2v) is 14.4. The van der Waals surface area contributed by atoms with Gasteiger partial charge in [0.05, 0.1) is 10.6 Å². The molecule has 0 amide bonds. The number of carboxylic acid groups (broad SMARTS) is 1. The molecule has 8 heteroatoms. The molecule has 1 unspecified atom stereocenters. The van der Waals surface area contributed by atoms with Crippen molar-refractivity contribution in [3.05, 3.63) is 48.0 Å². The average Bonchev–Trinajstić information content (AvgIpc) is 3.00. The third-order valence-electron chi connectivity index (χ3n) is 7.74. The van der Waals surface area contributed by atoms with Crippen LogP contribution in [0.25, 0.3) is 0 Å². The van der Waals surface area contributed by atoms with Crippen molar-refractivity contribution in [2.45, 2.75) is 95.0 Å². The summed E-state index contributed by atoms with van der Waals surface area (Å²) in [6.07, 6.45) is 8.70. The maximum Gasteiger partial charge on any atom is 0.320 e. The van der Waals surface area contributed by atoms with Crippen molar-refractivity contribution in [1.29, 1.82) is 0 Å². The average molecular weight is 577 g/mol. The molecule has 0 aliphatic carbocycles. The second kappa shape index (κ2) is 14.3. The predicted octanol–water partition coefficient (Wildman–Crippen LogP) is 8.63. The molecule has 3 rings (SSSR count). The topological polar surface area (TPSA) is 93.0 Å². The molecule has 1 aliphatic heterocycles. The Kier molecular flexibility index (Phi) is 11.6. The number of thioether (sulfide) groups is 1. The third kappa shape index (κ3) is 8.17. The Morgan fingerprint density at radius 2 is 1.74 bits per heavy atom. The summed E-state index contributed by atoms with van der Waals surface area (Å²) in [7, 11) is -3.10. The number of fused-ring (bicyclic) bond motifs is 1. The van der Waals surface area contributed by atoms with Crippen LogP contribution in [0.2, 0.25) is 0 Å². The summed E-state index contributed by atoms with van der Waals surface area (Å²) in [4.78, 5) is 15.8. The number of carboxylic acids is 1. The highest BCUT2D eigenvalue weighted by atomic mass is 32.3. The van der Waals surface area contributed by atoms with Gasteiger partial charge in [0.1, 0.15) is 6.04 Å². The highest BCUT2D eigenvalue weighted by Crippen LogP contribution is 2.61. The Morgan fingerprint density at radius 1 is 1.10 bits per heavy atom. The van der Waals surface area contributed by atoms with E-state index in [0.29, 0.717) is 23.6 Å². The van der Waals surface area contributed by atoms with Gasteiger partial charge in [-0.3, -0.25) is 13.9 Å². The van der Waals surface area contributed by atoms with E-state index in [4.69, 9.17) is 0 Å². The lowest BCUT2D eigenvalue weighted by atomic mass is 9.79. The number of nitrogens with zero attached hydrogens (tertiary/aromatic N) is 1. The predicted molar refractivity (Wildman–Crippen MR) is 167 cm³/mol. The molecule has 2 aromatic rings. The first-order valence-corrected chi connectivity index (χ1v) is 17.3. The smallest absolute Gasteiger partial charge is 0.320 e. The van der Waals surface area contributed by atoms with E-state index in [2.05, 4.69) is 42.3 Å². The molecular weight excluding hydrogens is 528 g/mol. The molecule has 0 aromatic heterocycles. The van der Waals surface area contributed by atoms with Gasteiger partial charge in [-0.05, 0) is 61.3 Å². The van der Waals surface area contributed by atoms with Crippen molar-refractivity contribution in [2.24, 2.45) is 11.3 Å². The van der Waals surface area contributed by atoms with Crippen LogP contribution >= 0.6 is 22.4 Å². The van der Waals surface area contributed by atoms with Crippen molar-refractivity contribution in [3.63, 3.8) is 0 Å². The van der Waals surface area contributed by atoms with Crippen LogP contribution in [0.1, 0.15) is 78.2 Å². The van der Waals surface area contributed by atoms with Crippen molar-refractivity contribution in [2.75, 3.05) is 23.5 Å². The molecule has 0 saturated heterocycles. The van der Waals surface area contributed by atoms with E-state index in [1.807, 2.05) is 44.4 Å². The van der Waals surface area contributed by atoms with Gasteiger partial charge in [-0.15, -0.1) is 11.8 Å². The monoisotopic (exact) mass is 576 g/mol. The maximum atomic E-state index is 11.9. The summed E-state index contributed by atoms with van der Waals surface area (Å²) in [6.45, 7) is 9.51. The second-order valence-electron chi connectivity index (χ2n) is 11.5. The van der Waals surface area contributed by atoms with Crippen LogP contribution < -0.4 is 10.2 Å². The number of hydrogen-bond donors (Lipinski definition) is 4. The number of hydrogen-bond acceptors (Lipinski definition) is 6. The lowest BCUT2D eigenvalue weighted by Gasteiger charge is -2.42. The maximum absolute atomic E-state index is 11.9. The summed E-state index contributed by atoms with van der Waals surface area (Å²) in [5.74, 6) is -0.260. The highest BCUT2D eigenvalue weighted by molar-refractivity contribution is 8.24. The van der Waals surface area contributed by atoms with Gasteiger partial charge in [-0.25, -0.2) is 0 Å². The molecule has 0 saturated carbocycles. The standard InChI is InChI=1S/C31H48N2O4S2/c1-6-8-15-31(16-9-7-2)21-33(25-13-11-10-12-14-25)27-19-28(38-5)24(18-29(27)39(36,37)22-31)20-32-26(30(34)35)17-23(3)4/h10-14,18-19,23,26,32,36-37H,6-9,15-17,20-22H2,1-5H3,(H,34,35). The fraction of sp³-hybridized carbons (Fsp3) is 0.581. The Balaban J connectivity index is 2.13. The number of benzene rings is 2. The Labute approximate surface area is 241 Å². The first-order chi connectivity index (χ1) is 18.6. The number of carbonyl (C=O) groups is 1. The normalized spacial score (nSPS) is 17.9. The number of rotatable bonds is 14. The van der Waals surface area contributed by atoms with Gasteiger partial charge >= 0.3 is 5.97 Å². The molecule has 2 aromatic carbocycles. The minimum absolute atomic E-state index is 0.219. The summed E-state index contributed by atoms with van der Waals surface area (Å²) in [5, 5.41) is 13.0. The minimum Gasteiger partial charge on any atom is -0.480 e. The molecule has 4 N–H and O–H groups in total. The van der Waals surface area contributed by atoms with E-state index in [1.54, 1.807) is 11.8 Å². The van der Waals surface area contributed by atoms with Gasteiger partial charge in [0, 0.05) is 34.8 Å². The number of anilines is 2. The Morgan fingerprint density at radius 3 is 2.28 bits per heavy atom. The van der Waals surface area contributed by atoms with Gasteiger partial charge in [-0.1, -0.05) is 71.6 Å². The SMILES string of the molecule is CCCCC1(CCCC)CN(c2ccccc2)c2cc(SC)c(CNC(CC(C)C)C(=O)O)cc2S(O)(O)C1. The lowest BCUT2D eigenvalue weighted by Crippen LogP contribution is -2.38. The molecule has 39 heavy (non-hydrogen) atoms. The summed E-state index contributed by atoms with van der Waals surface area (Å²) in [6, 6.07) is 13.6. The van der Waals surface area contributed by atoms with E-state index in [-0.39, 0.29) is 11.3 Å². The zero-order valence-corrected chi connectivity index (χ0v) is 25.9. The number of para-hydroxylation sites is 1. The molecule has 0 bridgehead atoms. The van der Waals surface area contributed by atoms with Crippen molar-refractivity contribution in [1.82, 2.24) is 5.32 Å². The van der Waals surface area contributed by atoms with Crippen LogP contribution in [0.15, 0.2) is 52.3 Å². The van der Waals surface area contributed by atoms with Crippen LogP contribution in [-0.4, -0.2) is 44.8 Å². The lowest BCUT2D eigenvalue weighted by molar-refractivity contribution is -0.140. The van der Waals surface area contributed by atoms with Crippen LogP contribution in [0.5, 0.6) is 0 Å². The molecular formula is C31H48N2O4S2. The fourth-order valence-electron chi connectivity index (χ4n) is 5.71. The van der Waals surface area contributed by atoms with Crippen LogP contribution in [0, 0.1) is 11.3 Å². The molecule has 218 valence electrons. The van der Waals surface area contributed by atoms with Gasteiger partial charge in [0.2, 0.25) is 0 Å². The number of unbranched alkanes of at least 4 members (excludes halogenated alkanes) is 2. The van der Waals surface area contributed by atoms with Gasteiger partial charge < -0.3 is 15.3 Å². The van der Waals surface area contributed by atoms with Gasteiger partial charge in [0.15, 0.2) is 0 Å². The molecule has 0 fully saturated rings. The summed E-state index contributed by atoms with van der Waals surface area (Å²) >= 11 is 1.61. The van der Waals surface area contributed by atoms with Gasteiger partial charge in [-0.2, -0.15) is 10.6 Å². The van der Waals surface area contributed by atoms with Crippen LogP contribution in [0.4, 0.5) is 11.4 Å². The van der Waals surface area contributed by atoms with E-state index in [0.717, 1.165) is 66.9 Å². The van der Waals surface area contributed by atoms with Crippen molar-refractivity contribution in [3.8, 4) is 0 Å². The molecule has 1 heterocycles. The van der Waals surface area contributed by atoms with E-state index in [1.165, 1.54) is 0 Å². The van der Waals surface area contributed by atoms with E-state index < -0.39 is 22.6 Å². The molecule has 6 nitrogen and oxygen atoms in total. The third-order valence-corrected chi connectivity index (χ3v) is 10.6. The summed E-state index contributed by atoms with van der Waals surface area (Å²) in [5.41, 5.74) is 2.58. The van der Waals surface area contributed by atoms with E-state index >= 15 is 0 Å². The zero-order chi connectivity index (χ0) is 28.6. The van der Waals surface area contributed by atoms with Crippen LogP contribution in [0.3, 0.4) is 0 Å². The quantitative estimate of drug-likeness (QED) is 0.167. The largest absolute Gasteiger partial charge is 0.480 e. The van der Waals surface area contributed by atoms with Crippen molar-refractivity contribution >= 4 is 39.7 Å². The summed E-state index contributed by atoms with van der Waals surface area (Å²) < 4.78 is 23.7. The van der Waals surface area contributed by atoms with E-state index in [9.17, 15) is 19.0 Å². The number of aliphatic carboxylic acids is 1. The van der Waals surface area contributed by atoms with Crippen molar-refractivity contribution < 1.29 is 19.0 Å². The van der Waals surface area contributed by atoms with Gasteiger partial charge in [0.25, 0.3) is 0 Å². The van der Waals surface area contributed by atoms with Crippen LogP contribution in [-0.2, 0) is 11.3 Å². The molecule has 1 atom stereocenters. The Hall–Kier alpha value is -1.71. The molecule has 0 radical (unpaired) electrons. The number of nitrogens with one attached hydrogen (secondary N) is 1. The Bertz CT molecular complexity index is 1070. The zero-order valence-electron chi connectivity index (χ0n) is 24.3. The highest BCUT2D eigenvalue weighted by Gasteiger charge is 2.42. The molecule has 0 spiro atoms.